The fourth-order valence-electron chi connectivity index (χ4n) is 6.39. The fourth-order valence-corrected chi connectivity index (χ4v) is 6.39. The van der Waals surface area contributed by atoms with Crippen molar-refractivity contribution in [3.63, 3.8) is 0 Å². The van der Waals surface area contributed by atoms with Crippen molar-refractivity contribution in [2.75, 3.05) is 0 Å². The molecule has 0 amide bonds. The first-order valence-electron chi connectivity index (χ1n) is 14.4. The van der Waals surface area contributed by atoms with E-state index in [0.717, 1.165) is 68.9 Å². The fraction of sp³-hybridized carbons (Fsp3) is 0.132. The van der Waals surface area contributed by atoms with Crippen LogP contribution in [0.1, 0.15) is 43.4 Å². The Morgan fingerprint density at radius 3 is 2.14 bits per heavy atom. The number of hydrogen-bond acceptors (Lipinski definition) is 4. The highest BCUT2D eigenvalue weighted by Gasteiger charge is 2.40. The zero-order valence-electron chi connectivity index (χ0n) is 23.6. The van der Waals surface area contributed by atoms with Crippen molar-refractivity contribution >= 4 is 10.8 Å². The van der Waals surface area contributed by atoms with Gasteiger partial charge < -0.3 is 4.74 Å². The molecule has 0 fully saturated rings. The molecule has 1 aliphatic rings. The average molecular weight is 544 g/mol. The second-order valence-corrected chi connectivity index (χ2v) is 10.8. The van der Waals surface area contributed by atoms with E-state index in [0.29, 0.717) is 11.4 Å². The van der Waals surface area contributed by atoms with Crippen LogP contribution in [0, 0.1) is 11.3 Å². The van der Waals surface area contributed by atoms with Crippen molar-refractivity contribution in [1.82, 2.24) is 9.97 Å². The van der Waals surface area contributed by atoms with Crippen LogP contribution in [0.3, 0.4) is 0 Å². The minimum atomic E-state index is -0.290. The van der Waals surface area contributed by atoms with E-state index >= 15 is 0 Å². The van der Waals surface area contributed by atoms with Gasteiger partial charge in [0.15, 0.2) is 5.82 Å². The Balaban J connectivity index is 1.44. The SMILES string of the molecule is CCC1(CC)c2cc(C#N)ccc2Oc2ccc(-c3nc(-c4ccccc4)cc(-c4cccc5ccccc45)n3)cc21. The van der Waals surface area contributed by atoms with Crippen LogP contribution in [-0.2, 0) is 5.41 Å². The standard InChI is InChI=1S/C38H29N3O/c1-3-38(4-2)31-21-25(24-39)17-19-35(31)42-36-20-18-28(22-32(36)38)37-40-33(27-12-6-5-7-13-27)23-34(41-37)30-16-10-14-26-11-8-9-15-29(26)30/h5-23H,3-4H2,1-2H3. The predicted molar refractivity (Wildman–Crippen MR) is 168 cm³/mol. The summed E-state index contributed by atoms with van der Waals surface area (Å²) < 4.78 is 6.41. The highest BCUT2D eigenvalue weighted by molar-refractivity contribution is 5.96. The molecular weight excluding hydrogens is 514 g/mol. The summed E-state index contributed by atoms with van der Waals surface area (Å²) in [5, 5.41) is 12.0. The van der Waals surface area contributed by atoms with Crippen LogP contribution < -0.4 is 4.74 Å². The monoisotopic (exact) mass is 543 g/mol. The lowest BCUT2D eigenvalue weighted by molar-refractivity contribution is 0.375. The zero-order valence-corrected chi connectivity index (χ0v) is 23.6. The van der Waals surface area contributed by atoms with Crippen LogP contribution >= 0.6 is 0 Å². The Morgan fingerprint density at radius 1 is 0.667 bits per heavy atom. The molecule has 0 bridgehead atoms. The Labute approximate surface area is 245 Å². The Kier molecular flexibility index (Phi) is 6.29. The van der Waals surface area contributed by atoms with Gasteiger partial charge in [0, 0.05) is 33.2 Å². The van der Waals surface area contributed by atoms with E-state index in [2.05, 4.69) is 92.7 Å². The highest BCUT2D eigenvalue weighted by Crippen LogP contribution is 2.52. The largest absolute Gasteiger partial charge is 0.457 e. The number of rotatable bonds is 5. The summed E-state index contributed by atoms with van der Waals surface area (Å²) in [6.45, 7) is 4.42. The van der Waals surface area contributed by atoms with Crippen molar-refractivity contribution < 1.29 is 4.74 Å². The van der Waals surface area contributed by atoms with Crippen molar-refractivity contribution in [3.05, 3.63) is 132 Å². The van der Waals surface area contributed by atoms with Gasteiger partial charge in [-0.25, -0.2) is 9.97 Å². The van der Waals surface area contributed by atoms with Crippen LogP contribution in [-0.4, -0.2) is 9.97 Å². The first-order valence-corrected chi connectivity index (χ1v) is 14.4. The molecule has 0 N–H and O–H groups in total. The molecule has 0 aliphatic carbocycles. The van der Waals surface area contributed by atoms with Crippen molar-refractivity contribution in [3.8, 4) is 51.5 Å². The smallest absolute Gasteiger partial charge is 0.160 e. The number of hydrogen-bond donors (Lipinski definition) is 0. The molecule has 0 unspecified atom stereocenters. The summed E-state index contributed by atoms with van der Waals surface area (Å²) in [6.07, 6.45) is 1.74. The molecule has 6 aromatic rings. The molecule has 1 aliphatic heterocycles. The summed E-state index contributed by atoms with van der Waals surface area (Å²) in [6, 6.07) is 41.5. The molecule has 0 atom stereocenters. The molecule has 7 rings (SSSR count). The normalized spacial score (nSPS) is 13.1. The number of aromatic nitrogens is 2. The third-order valence-corrected chi connectivity index (χ3v) is 8.67. The van der Waals surface area contributed by atoms with Crippen LogP contribution in [0.2, 0.25) is 0 Å². The molecular formula is C38H29N3O. The predicted octanol–water partition coefficient (Wildman–Crippen LogP) is 9.71. The van der Waals surface area contributed by atoms with E-state index in [1.54, 1.807) is 0 Å². The Bertz CT molecular complexity index is 2000. The van der Waals surface area contributed by atoms with E-state index in [9.17, 15) is 5.26 Å². The van der Waals surface area contributed by atoms with Crippen LogP contribution in [0.5, 0.6) is 11.5 Å². The number of nitrogens with zero attached hydrogens (tertiary/aromatic N) is 3. The van der Waals surface area contributed by atoms with Crippen molar-refractivity contribution in [1.29, 1.82) is 5.26 Å². The van der Waals surface area contributed by atoms with Crippen molar-refractivity contribution in [2.45, 2.75) is 32.1 Å². The summed E-state index contributed by atoms with van der Waals surface area (Å²) in [7, 11) is 0. The van der Waals surface area contributed by atoms with E-state index in [-0.39, 0.29) is 5.41 Å². The molecule has 0 radical (unpaired) electrons. The quantitative estimate of drug-likeness (QED) is 0.217. The van der Waals surface area contributed by atoms with Gasteiger partial charge in [0.1, 0.15) is 11.5 Å². The summed E-state index contributed by atoms with van der Waals surface area (Å²) >= 11 is 0. The maximum absolute atomic E-state index is 9.64. The topological polar surface area (TPSA) is 58.8 Å². The van der Waals surface area contributed by atoms with Gasteiger partial charge in [-0.2, -0.15) is 5.26 Å². The van der Waals surface area contributed by atoms with Crippen LogP contribution in [0.15, 0.2) is 115 Å². The lowest BCUT2D eigenvalue weighted by Crippen LogP contribution is -2.30. The Hall–Kier alpha value is -5.27. The third kappa shape index (κ3) is 4.14. The van der Waals surface area contributed by atoms with Gasteiger partial charge in [-0.15, -0.1) is 0 Å². The van der Waals surface area contributed by atoms with Gasteiger partial charge in [0.2, 0.25) is 0 Å². The van der Waals surface area contributed by atoms with Gasteiger partial charge in [0.25, 0.3) is 0 Å². The maximum atomic E-state index is 9.64. The molecule has 42 heavy (non-hydrogen) atoms. The molecule has 1 aromatic heterocycles. The molecule has 2 heterocycles. The molecule has 202 valence electrons. The first kappa shape index (κ1) is 25.7. The number of ether oxygens (including phenoxy) is 1. The molecule has 5 aromatic carbocycles. The van der Waals surface area contributed by atoms with Crippen molar-refractivity contribution in [2.24, 2.45) is 0 Å². The van der Waals surface area contributed by atoms with Gasteiger partial charge >= 0.3 is 0 Å². The van der Waals surface area contributed by atoms with Gasteiger partial charge in [0.05, 0.1) is 23.0 Å². The van der Waals surface area contributed by atoms with E-state index in [1.165, 1.54) is 5.39 Å². The molecule has 4 heteroatoms. The second-order valence-electron chi connectivity index (χ2n) is 10.8. The van der Waals surface area contributed by atoms with E-state index in [1.807, 2.05) is 42.5 Å². The molecule has 0 saturated heterocycles. The lowest BCUT2D eigenvalue weighted by atomic mass is 9.68. The summed E-state index contributed by atoms with van der Waals surface area (Å²) in [5.41, 5.74) is 7.32. The summed E-state index contributed by atoms with van der Waals surface area (Å²) in [4.78, 5) is 10.3. The molecule has 0 saturated carbocycles. The summed E-state index contributed by atoms with van der Waals surface area (Å²) in [5.74, 6) is 2.33. The number of fused-ring (bicyclic) bond motifs is 3. The minimum absolute atomic E-state index is 0.290. The lowest BCUT2D eigenvalue weighted by Gasteiger charge is -2.39. The van der Waals surface area contributed by atoms with E-state index in [4.69, 9.17) is 14.7 Å². The number of benzene rings is 5. The highest BCUT2D eigenvalue weighted by atomic mass is 16.5. The molecule has 4 nitrogen and oxygen atoms in total. The first-order chi connectivity index (χ1) is 20.6. The van der Waals surface area contributed by atoms with E-state index < -0.39 is 0 Å². The number of nitriles is 1. The van der Waals surface area contributed by atoms with Crippen LogP contribution in [0.4, 0.5) is 0 Å². The average Bonchev–Trinajstić information content (AvgIpc) is 3.06. The van der Waals surface area contributed by atoms with Gasteiger partial charge in [-0.3, -0.25) is 0 Å². The third-order valence-electron chi connectivity index (χ3n) is 8.67. The Morgan fingerprint density at radius 2 is 1.36 bits per heavy atom. The van der Waals surface area contributed by atoms with Crippen LogP contribution in [0.25, 0.3) is 44.7 Å². The maximum Gasteiger partial charge on any atom is 0.160 e. The van der Waals surface area contributed by atoms with Gasteiger partial charge in [-0.05, 0) is 66.1 Å². The zero-order chi connectivity index (χ0) is 28.7. The minimum Gasteiger partial charge on any atom is -0.457 e. The van der Waals surface area contributed by atoms with Gasteiger partial charge in [-0.1, -0.05) is 86.6 Å². The molecule has 0 spiro atoms. The second kappa shape index (κ2) is 10.3.